The van der Waals surface area contributed by atoms with Gasteiger partial charge in [-0.3, -0.25) is 4.79 Å². The predicted molar refractivity (Wildman–Crippen MR) is 75.6 cm³/mol. The molecule has 1 aliphatic heterocycles. The predicted octanol–water partition coefficient (Wildman–Crippen LogP) is 2.12. The van der Waals surface area contributed by atoms with Gasteiger partial charge < -0.3 is 15.3 Å². The number of hydrogen-bond acceptors (Lipinski definition) is 3. The summed E-state index contributed by atoms with van der Waals surface area (Å²) in [5, 5.41) is 12.8. The van der Waals surface area contributed by atoms with Gasteiger partial charge in [-0.1, -0.05) is 18.5 Å². The Kier molecular flexibility index (Phi) is 4.32. The van der Waals surface area contributed by atoms with E-state index < -0.39 is 0 Å². The van der Waals surface area contributed by atoms with E-state index >= 15 is 0 Å². The quantitative estimate of drug-likeness (QED) is 0.874. The molecular weight excluding hydrogens is 264 g/mol. The van der Waals surface area contributed by atoms with Crippen molar-refractivity contribution in [1.29, 1.82) is 0 Å². The minimum atomic E-state index is -0.220. The van der Waals surface area contributed by atoms with E-state index in [9.17, 15) is 9.90 Å². The van der Waals surface area contributed by atoms with Crippen LogP contribution in [0.2, 0.25) is 5.02 Å². The number of nitrogens with one attached hydrogen (secondary N) is 1. The molecule has 1 aliphatic rings. The standard InChI is InChI=1S/C14H19ClN2O2/c1-9-8-17(2)6-5-13(9)16-14(19)11-7-10(18)3-4-12(11)15/h3-4,7,9,13,18H,5-6,8H2,1-2H3,(H,16,19). The molecule has 1 aromatic carbocycles. The maximum absolute atomic E-state index is 12.2. The first-order valence-corrected chi connectivity index (χ1v) is 6.83. The van der Waals surface area contributed by atoms with E-state index in [4.69, 9.17) is 11.6 Å². The summed E-state index contributed by atoms with van der Waals surface area (Å²) in [6.45, 7) is 4.08. The highest BCUT2D eigenvalue weighted by Gasteiger charge is 2.26. The van der Waals surface area contributed by atoms with Gasteiger partial charge in [0, 0.05) is 12.6 Å². The summed E-state index contributed by atoms with van der Waals surface area (Å²) in [5.74, 6) is 0.229. The highest BCUT2D eigenvalue weighted by Crippen LogP contribution is 2.22. The molecule has 0 radical (unpaired) electrons. The lowest BCUT2D eigenvalue weighted by Crippen LogP contribution is -2.48. The fraction of sp³-hybridized carbons (Fsp3) is 0.500. The number of halogens is 1. The molecule has 1 amide bonds. The second-order valence-corrected chi connectivity index (χ2v) is 5.68. The van der Waals surface area contributed by atoms with Crippen LogP contribution in [0, 0.1) is 5.92 Å². The zero-order valence-electron chi connectivity index (χ0n) is 11.2. The van der Waals surface area contributed by atoms with E-state index in [0.29, 0.717) is 16.5 Å². The van der Waals surface area contributed by atoms with Crippen LogP contribution in [-0.2, 0) is 0 Å². The van der Waals surface area contributed by atoms with E-state index in [-0.39, 0.29) is 17.7 Å². The largest absolute Gasteiger partial charge is 0.508 e. The van der Waals surface area contributed by atoms with Gasteiger partial charge in [-0.15, -0.1) is 0 Å². The Balaban J connectivity index is 2.06. The van der Waals surface area contributed by atoms with Crippen LogP contribution in [-0.4, -0.2) is 42.1 Å². The molecule has 4 nitrogen and oxygen atoms in total. The number of rotatable bonds is 2. The molecule has 2 atom stereocenters. The summed E-state index contributed by atoms with van der Waals surface area (Å²) in [6, 6.07) is 4.56. The van der Waals surface area contributed by atoms with E-state index in [0.717, 1.165) is 19.5 Å². The van der Waals surface area contributed by atoms with Crippen molar-refractivity contribution in [2.45, 2.75) is 19.4 Å². The lowest BCUT2D eigenvalue weighted by molar-refractivity contribution is 0.0883. The Hall–Kier alpha value is -1.26. The fourth-order valence-corrected chi connectivity index (χ4v) is 2.71. The highest BCUT2D eigenvalue weighted by molar-refractivity contribution is 6.33. The van der Waals surface area contributed by atoms with Crippen molar-refractivity contribution in [2.75, 3.05) is 20.1 Å². The Labute approximate surface area is 118 Å². The molecule has 2 N–H and O–H groups in total. The van der Waals surface area contributed by atoms with Crippen molar-refractivity contribution in [1.82, 2.24) is 10.2 Å². The molecule has 0 aromatic heterocycles. The number of phenolic OH excluding ortho intramolecular Hbond substituents is 1. The number of phenols is 1. The van der Waals surface area contributed by atoms with Crippen molar-refractivity contribution < 1.29 is 9.90 Å². The van der Waals surface area contributed by atoms with Gasteiger partial charge in [0.25, 0.3) is 5.91 Å². The summed E-state index contributed by atoms with van der Waals surface area (Å²) in [6.07, 6.45) is 0.930. The first kappa shape index (κ1) is 14.2. The van der Waals surface area contributed by atoms with Crippen LogP contribution in [0.25, 0.3) is 0 Å². The SMILES string of the molecule is CC1CN(C)CCC1NC(=O)c1cc(O)ccc1Cl. The Bertz CT molecular complexity index is 479. The highest BCUT2D eigenvalue weighted by atomic mass is 35.5. The summed E-state index contributed by atoms with van der Waals surface area (Å²) >= 11 is 5.99. The number of amides is 1. The Morgan fingerprint density at radius 2 is 2.26 bits per heavy atom. The van der Waals surface area contributed by atoms with Crippen molar-refractivity contribution in [3.05, 3.63) is 28.8 Å². The van der Waals surface area contributed by atoms with Crippen molar-refractivity contribution in [3.8, 4) is 5.75 Å². The number of aromatic hydroxyl groups is 1. The number of carbonyl (C=O) groups excluding carboxylic acids is 1. The van der Waals surface area contributed by atoms with Gasteiger partial charge in [0.1, 0.15) is 5.75 Å². The van der Waals surface area contributed by atoms with Gasteiger partial charge in [0.2, 0.25) is 0 Å². The second kappa shape index (κ2) is 5.80. The van der Waals surface area contributed by atoms with Crippen LogP contribution in [0.3, 0.4) is 0 Å². The maximum atomic E-state index is 12.2. The van der Waals surface area contributed by atoms with Crippen LogP contribution in [0.5, 0.6) is 5.75 Å². The second-order valence-electron chi connectivity index (χ2n) is 5.27. The molecule has 0 saturated carbocycles. The third kappa shape index (κ3) is 3.39. The molecule has 2 unspecified atom stereocenters. The first-order chi connectivity index (χ1) is 8.97. The molecule has 0 aliphatic carbocycles. The third-order valence-electron chi connectivity index (χ3n) is 3.62. The van der Waals surface area contributed by atoms with E-state index in [1.807, 2.05) is 0 Å². The molecule has 2 rings (SSSR count). The van der Waals surface area contributed by atoms with Gasteiger partial charge in [0.15, 0.2) is 0 Å². The molecule has 0 bridgehead atoms. The summed E-state index contributed by atoms with van der Waals surface area (Å²) in [4.78, 5) is 14.5. The summed E-state index contributed by atoms with van der Waals surface area (Å²) in [5.41, 5.74) is 0.327. The Morgan fingerprint density at radius 3 is 2.95 bits per heavy atom. The average Bonchev–Trinajstić information content (AvgIpc) is 2.35. The molecule has 5 heteroatoms. The van der Waals surface area contributed by atoms with Crippen LogP contribution in [0.1, 0.15) is 23.7 Å². The van der Waals surface area contributed by atoms with Gasteiger partial charge in [0.05, 0.1) is 10.6 Å². The van der Waals surface area contributed by atoms with E-state index in [1.54, 1.807) is 0 Å². The maximum Gasteiger partial charge on any atom is 0.253 e. The van der Waals surface area contributed by atoms with Gasteiger partial charge in [-0.2, -0.15) is 0 Å². The van der Waals surface area contributed by atoms with Gasteiger partial charge in [-0.25, -0.2) is 0 Å². The molecule has 1 saturated heterocycles. The zero-order chi connectivity index (χ0) is 14.0. The molecule has 104 valence electrons. The number of benzene rings is 1. The number of carbonyl (C=O) groups is 1. The molecule has 1 heterocycles. The molecule has 0 spiro atoms. The monoisotopic (exact) mass is 282 g/mol. The van der Waals surface area contributed by atoms with Crippen molar-refractivity contribution in [3.63, 3.8) is 0 Å². The van der Waals surface area contributed by atoms with Gasteiger partial charge >= 0.3 is 0 Å². The van der Waals surface area contributed by atoms with E-state index in [1.165, 1.54) is 18.2 Å². The minimum absolute atomic E-state index is 0.0472. The fourth-order valence-electron chi connectivity index (χ4n) is 2.50. The van der Waals surface area contributed by atoms with Crippen LogP contribution < -0.4 is 5.32 Å². The Morgan fingerprint density at radius 1 is 1.53 bits per heavy atom. The van der Waals surface area contributed by atoms with Crippen LogP contribution >= 0.6 is 11.6 Å². The number of hydrogen-bond donors (Lipinski definition) is 2. The number of piperidine rings is 1. The minimum Gasteiger partial charge on any atom is -0.508 e. The molecule has 1 aromatic rings. The summed E-state index contributed by atoms with van der Waals surface area (Å²) < 4.78 is 0. The number of likely N-dealkylation sites (tertiary alicyclic amines) is 1. The van der Waals surface area contributed by atoms with Gasteiger partial charge in [-0.05, 0) is 44.1 Å². The number of nitrogens with zero attached hydrogens (tertiary/aromatic N) is 1. The van der Waals surface area contributed by atoms with E-state index in [2.05, 4.69) is 24.2 Å². The van der Waals surface area contributed by atoms with Crippen molar-refractivity contribution in [2.24, 2.45) is 5.92 Å². The smallest absolute Gasteiger partial charge is 0.253 e. The molecular formula is C14H19ClN2O2. The zero-order valence-corrected chi connectivity index (χ0v) is 11.9. The molecule has 19 heavy (non-hydrogen) atoms. The van der Waals surface area contributed by atoms with Crippen molar-refractivity contribution >= 4 is 17.5 Å². The normalized spacial score (nSPS) is 24.2. The van der Waals surface area contributed by atoms with Crippen LogP contribution in [0.15, 0.2) is 18.2 Å². The molecule has 1 fully saturated rings. The first-order valence-electron chi connectivity index (χ1n) is 6.45. The summed E-state index contributed by atoms with van der Waals surface area (Å²) in [7, 11) is 2.08. The third-order valence-corrected chi connectivity index (χ3v) is 3.95. The lowest BCUT2D eigenvalue weighted by Gasteiger charge is -2.35. The average molecular weight is 283 g/mol. The van der Waals surface area contributed by atoms with Crippen LogP contribution in [0.4, 0.5) is 0 Å². The topological polar surface area (TPSA) is 52.6 Å². The lowest BCUT2D eigenvalue weighted by atomic mass is 9.94.